The first-order valence-electron chi connectivity index (χ1n) is 4.98. The average molecular weight is 208 g/mol. The van der Waals surface area contributed by atoms with Gasteiger partial charge in [-0.15, -0.1) is 0 Å². The molecule has 3 nitrogen and oxygen atoms in total. The Morgan fingerprint density at radius 2 is 1.93 bits per heavy atom. The summed E-state index contributed by atoms with van der Waals surface area (Å²) < 4.78 is 9.97. The molecule has 15 heavy (non-hydrogen) atoms. The van der Waals surface area contributed by atoms with E-state index in [0.717, 1.165) is 5.75 Å². The monoisotopic (exact) mass is 208 g/mol. The van der Waals surface area contributed by atoms with Crippen LogP contribution in [0, 0.1) is 6.92 Å². The Bertz CT molecular complexity index is 303. The van der Waals surface area contributed by atoms with Crippen LogP contribution >= 0.6 is 0 Å². The highest BCUT2D eigenvalue weighted by atomic mass is 16.5. The standard InChI is InChI=1S/C12H16O3/c1-10-5-7-11(8-6-10)15-9-3-4-12(13)14-2/h5-8H,3-4,9H2,1-2H3. The average Bonchev–Trinajstić information content (AvgIpc) is 2.26. The van der Waals surface area contributed by atoms with Crippen molar-refractivity contribution in [3.63, 3.8) is 0 Å². The summed E-state index contributed by atoms with van der Waals surface area (Å²) in [7, 11) is 1.39. The van der Waals surface area contributed by atoms with Crippen molar-refractivity contribution in [2.75, 3.05) is 13.7 Å². The van der Waals surface area contributed by atoms with Gasteiger partial charge in [0.05, 0.1) is 13.7 Å². The molecule has 0 saturated carbocycles. The molecule has 0 unspecified atom stereocenters. The molecule has 0 bridgehead atoms. The van der Waals surface area contributed by atoms with E-state index in [1.165, 1.54) is 12.7 Å². The molecule has 0 fully saturated rings. The second-order valence-electron chi connectivity index (χ2n) is 3.34. The SMILES string of the molecule is COC(=O)CCCOc1ccc(C)cc1. The lowest BCUT2D eigenvalue weighted by molar-refractivity contribution is -0.140. The summed E-state index contributed by atoms with van der Waals surface area (Å²) in [5.41, 5.74) is 1.21. The van der Waals surface area contributed by atoms with Gasteiger partial charge < -0.3 is 9.47 Å². The summed E-state index contributed by atoms with van der Waals surface area (Å²) in [5.74, 6) is 0.646. The molecular formula is C12H16O3. The van der Waals surface area contributed by atoms with Crippen molar-refractivity contribution in [3.05, 3.63) is 29.8 Å². The molecule has 3 heteroatoms. The molecule has 0 spiro atoms. The van der Waals surface area contributed by atoms with Crippen molar-refractivity contribution >= 4 is 5.97 Å². The predicted octanol–water partition coefficient (Wildman–Crippen LogP) is 2.33. The van der Waals surface area contributed by atoms with E-state index in [2.05, 4.69) is 4.74 Å². The number of hydrogen-bond acceptors (Lipinski definition) is 3. The van der Waals surface area contributed by atoms with Crippen LogP contribution in [0.1, 0.15) is 18.4 Å². The second-order valence-corrected chi connectivity index (χ2v) is 3.34. The minimum absolute atomic E-state index is 0.192. The van der Waals surface area contributed by atoms with Gasteiger partial charge in [-0.3, -0.25) is 4.79 Å². The molecule has 1 aromatic rings. The molecule has 0 aliphatic heterocycles. The van der Waals surface area contributed by atoms with Crippen LogP contribution < -0.4 is 4.74 Å². The van der Waals surface area contributed by atoms with E-state index in [0.29, 0.717) is 19.4 Å². The first-order valence-corrected chi connectivity index (χ1v) is 4.98. The van der Waals surface area contributed by atoms with Gasteiger partial charge in [0.25, 0.3) is 0 Å². The molecule has 0 aliphatic rings. The highest BCUT2D eigenvalue weighted by Gasteiger charge is 1.99. The number of carbonyl (C=O) groups is 1. The van der Waals surface area contributed by atoms with Crippen LogP contribution in [0.2, 0.25) is 0 Å². The van der Waals surface area contributed by atoms with Crippen molar-refractivity contribution in [3.8, 4) is 5.75 Å². The van der Waals surface area contributed by atoms with Crippen LogP contribution in [0.15, 0.2) is 24.3 Å². The summed E-state index contributed by atoms with van der Waals surface area (Å²) in [6.45, 7) is 2.57. The Labute approximate surface area is 90.0 Å². The Kier molecular flexibility index (Phi) is 4.68. The molecule has 0 atom stereocenters. The van der Waals surface area contributed by atoms with E-state index in [4.69, 9.17) is 4.74 Å². The van der Waals surface area contributed by atoms with Crippen molar-refractivity contribution < 1.29 is 14.3 Å². The van der Waals surface area contributed by atoms with Gasteiger partial charge in [0.1, 0.15) is 5.75 Å². The molecule has 0 radical (unpaired) electrons. The van der Waals surface area contributed by atoms with Gasteiger partial charge in [-0.25, -0.2) is 0 Å². The Morgan fingerprint density at radius 3 is 2.53 bits per heavy atom. The third kappa shape index (κ3) is 4.49. The Morgan fingerprint density at radius 1 is 1.27 bits per heavy atom. The first kappa shape index (κ1) is 11.6. The predicted molar refractivity (Wildman–Crippen MR) is 57.9 cm³/mol. The van der Waals surface area contributed by atoms with Crippen molar-refractivity contribution in [2.24, 2.45) is 0 Å². The van der Waals surface area contributed by atoms with E-state index in [9.17, 15) is 4.79 Å². The van der Waals surface area contributed by atoms with Crippen molar-refractivity contribution in [1.82, 2.24) is 0 Å². The maximum atomic E-state index is 10.8. The number of hydrogen-bond donors (Lipinski definition) is 0. The number of ether oxygens (including phenoxy) is 2. The molecule has 0 N–H and O–H groups in total. The summed E-state index contributed by atoms with van der Waals surface area (Å²) >= 11 is 0. The number of benzene rings is 1. The minimum atomic E-state index is -0.192. The van der Waals surface area contributed by atoms with Gasteiger partial charge >= 0.3 is 5.97 Å². The Balaban J connectivity index is 2.20. The smallest absolute Gasteiger partial charge is 0.305 e. The topological polar surface area (TPSA) is 35.5 Å². The third-order valence-corrected chi connectivity index (χ3v) is 2.04. The van der Waals surface area contributed by atoms with Gasteiger partial charge in [0, 0.05) is 6.42 Å². The fourth-order valence-corrected chi connectivity index (χ4v) is 1.14. The second kappa shape index (κ2) is 6.06. The number of methoxy groups -OCH3 is 1. The lowest BCUT2D eigenvalue weighted by atomic mass is 10.2. The molecule has 0 amide bonds. The van der Waals surface area contributed by atoms with Gasteiger partial charge in [0.15, 0.2) is 0 Å². The lowest BCUT2D eigenvalue weighted by Crippen LogP contribution is -2.04. The molecule has 1 aromatic carbocycles. The molecule has 0 aliphatic carbocycles. The van der Waals surface area contributed by atoms with Gasteiger partial charge in [0.2, 0.25) is 0 Å². The van der Waals surface area contributed by atoms with Gasteiger partial charge in [-0.2, -0.15) is 0 Å². The normalized spacial score (nSPS) is 9.73. The maximum Gasteiger partial charge on any atom is 0.305 e. The third-order valence-electron chi connectivity index (χ3n) is 2.04. The first-order chi connectivity index (χ1) is 7.22. The van der Waals surface area contributed by atoms with Crippen LogP contribution in [0.25, 0.3) is 0 Å². The molecule has 0 saturated heterocycles. The highest BCUT2D eigenvalue weighted by molar-refractivity contribution is 5.68. The van der Waals surface area contributed by atoms with E-state index >= 15 is 0 Å². The summed E-state index contributed by atoms with van der Waals surface area (Å²) in [5, 5.41) is 0. The zero-order valence-corrected chi connectivity index (χ0v) is 9.16. The number of carbonyl (C=O) groups excluding carboxylic acids is 1. The minimum Gasteiger partial charge on any atom is -0.494 e. The largest absolute Gasteiger partial charge is 0.494 e. The molecule has 82 valence electrons. The number of rotatable bonds is 5. The number of aryl methyl sites for hydroxylation is 1. The fraction of sp³-hybridized carbons (Fsp3) is 0.417. The zero-order valence-electron chi connectivity index (χ0n) is 9.16. The number of esters is 1. The summed E-state index contributed by atoms with van der Waals surface area (Å²) in [4.78, 5) is 10.8. The Hall–Kier alpha value is -1.51. The van der Waals surface area contributed by atoms with Gasteiger partial charge in [-0.1, -0.05) is 17.7 Å². The fourth-order valence-electron chi connectivity index (χ4n) is 1.14. The van der Waals surface area contributed by atoms with Crippen LogP contribution in [-0.4, -0.2) is 19.7 Å². The molecule has 0 heterocycles. The maximum absolute atomic E-state index is 10.8. The molecular weight excluding hydrogens is 192 g/mol. The van der Waals surface area contributed by atoms with Crippen LogP contribution in [0.4, 0.5) is 0 Å². The van der Waals surface area contributed by atoms with Crippen molar-refractivity contribution in [2.45, 2.75) is 19.8 Å². The van der Waals surface area contributed by atoms with E-state index < -0.39 is 0 Å². The summed E-state index contributed by atoms with van der Waals surface area (Å²) in [6.07, 6.45) is 1.09. The van der Waals surface area contributed by atoms with Crippen LogP contribution in [0.3, 0.4) is 0 Å². The summed E-state index contributed by atoms with van der Waals surface area (Å²) in [6, 6.07) is 7.84. The van der Waals surface area contributed by atoms with Gasteiger partial charge in [-0.05, 0) is 25.5 Å². The van der Waals surface area contributed by atoms with Crippen LogP contribution in [-0.2, 0) is 9.53 Å². The van der Waals surface area contributed by atoms with E-state index in [1.807, 2.05) is 31.2 Å². The van der Waals surface area contributed by atoms with E-state index in [-0.39, 0.29) is 5.97 Å². The zero-order chi connectivity index (χ0) is 11.1. The highest BCUT2D eigenvalue weighted by Crippen LogP contribution is 2.11. The molecule has 1 rings (SSSR count). The molecule has 0 aromatic heterocycles. The quantitative estimate of drug-likeness (QED) is 0.550. The van der Waals surface area contributed by atoms with Crippen molar-refractivity contribution in [1.29, 1.82) is 0 Å². The van der Waals surface area contributed by atoms with Crippen LogP contribution in [0.5, 0.6) is 5.75 Å². The van der Waals surface area contributed by atoms with E-state index in [1.54, 1.807) is 0 Å². The lowest BCUT2D eigenvalue weighted by Gasteiger charge is -2.05.